The maximum absolute atomic E-state index is 13.0. The normalized spacial score (nSPS) is 19.2. The fraction of sp³-hybridized carbons (Fsp3) is 0.538. The van der Waals surface area contributed by atoms with Crippen LogP contribution in [0.25, 0.3) is 0 Å². The summed E-state index contributed by atoms with van der Waals surface area (Å²) in [6, 6.07) is 5.63. The van der Waals surface area contributed by atoms with Gasteiger partial charge in [-0.3, -0.25) is 0 Å². The van der Waals surface area contributed by atoms with Gasteiger partial charge in [-0.05, 0) is 49.1 Å². The highest BCUT2D eigenvalue weighted by atomic mass is 19.1. The lowest BCUT2D eigenvalue weighted by Gasteiger charge is -2.13. The van der Waals surface area contributed by atoms with E-state index in [2.05, 4.69) is 12.2 Å². The van der Waals surface area contributed by atoms with Crippen LogP contribution >= 0.6 is 0 Å². The van der Waals surface area contributed by atoms with E-state index in [0.29, 0.717) is 6.04 Å². The molecule has 1 N–H and O–H groups in total. The van der Waals surface area contributed by atoms with Gasteiger partial charge >= 0.3 is 0 Å². The lowest BCUT2D eigenvalue weighted by molar-refractivity contribution is 0.517. The number of hydrogen-bond acceptors (Lipinski definition) is 1. The minimum absolute atomic E-state index is 0.108. The van der Waals surface area contributed by atoms with Crippen LogP contribution in [-0.2, 0) is 6.42 Å². The van der Waals surface area contributed by atoms with Crippen LogP contribution in [-0.4, -0.2) is 6.54 Å². The molecule has 0 aliphatic heterocycles. The first-order valence-electron chi connectivity index (χ1n) is 5.83. The first-order valence-corrected chi connectivity index (χ1v) is 5.83. The molecule has 1 aliphatic rings. The maximum Gasteiger partial charge on any atom is 0.123 e. The second-order valence-electron chi connectivity index (χ2n) is 4.24. The number of aryl methyl sites for hydroxylation is 1. The number of rotatable bonds is 4. The van der Waals surface area contributed by atoms with Gasteiger partial charge in [-0.15, -0.1) is 0 Å². The van der Waals surface area contributed by atoms with Gasteiger partial charge in [0.15, 0.2) is 0 Å². The van der Waals surface area contributed by atoms with Gasteiger partial charge in [0.05, 0.1) is 0 Å². The van der Waals surface area contributed by atoms with Crippen LogP contribution in [0, 0.1) is 5.82 Å². The van der Waals surface area contributed by atoms with E-state index >= 15 is 0 Å². The zero-order valence-electron chi connectivity index (χ0n) is 9.22. The number of unbranched alkanes of at least 4 members (excludes halogenated alkanes) is 1. The summed E-state index contributed by atoms with van der Waals surface area (Å²) in [7, 11) is 0. The molecule has 0 spiro atoms. The van der Waals surface area contributed by atoms with Crippen molar-refractivity contribution >= 4 is 0 Å². The molecule has 0 bridgehead atoms. The van der Waals surface area contributed by atoms with Crippen LogP contribution < -0.4 is 5.32 Å². The van der Waals surface area contributed by atoms with Crippen molar-refractivity contribution < 1.29 is 4.39 Å². The molecule has 0 saturated heterocycles. The molecule has 15 heavy (non-hydrogen) atoms. The van der Waals surface area contributed by atoms with E-state index < -0.39 is 0 Å². The second-order valence-corrected chi connectivity index (χ2v) is 4.24. The number of fused-ring (bicyclic) bond motifs is 1. The summed E-state index contributed by atoms with van der Waals surface area (Å²) in [6.07, 6.45) is 4.56. The molecule has 0 heterocycles. The van der Waals surface area contributed by atoms with E-state index in [4.69, 9.17) is 0 Å². The maximum atomic E-state index is 13.0. The van der Waals surface area contributed by atoms with Crippen molar-refractivity contribution in [1.82, 2.24) is 5.32 Å². The molecule has 1 nitrogen and oxygen atoms in total. The van der Waals surface area contributed by atoms with Crippen LogP contribution in [0.2, 0.25) is 0 Å². The molecule has 1 atom stereocenters. The SMILES string of the molecule is CCCCNC1CCc2cc(F)ccc21. The summed E-state index contributed by atoms with van der Waals surface area (Å²) in [5.74, 6) is -0.108. The predicted octanol–water partition coefficient (Wildman–Crippen LogP) is 3.20. The van der Waals surface area contributed by atoms with Gasteiger partial charge in [0.25, 0.3) is 0 Å². The fourth-order valence-corrected chi connectivity index (χ4v) is 2.25. The van der Waals surface area contributed by atoms with E-state index in [1.807, 2.05) is 6.07 Å². The van der Waals surface area contributed by atoms with E-state index in [1.54, 1.807) is 12.1 Å². The third kappa shape index (κ3) is 2.37. The summed E-state index contributed by atoms with van der Waals surface area (Å²) in [5, 5.41) is 3.54. The summed E-state index contributed by atoms with van der Waals surface area (Å²) < 4.78 is 13.0. The largest absolute Gasteiger partial charge is 0.310 e. The Morgan fingerprint density at radius 3 is 3.13 bits per heavy atom. The predicted molar refractivity (Wildman–Crippen MR) is 60.4 cm³/mol. The summed E-state index contributed by atoms with van der Waals surface area (Å²) >= 11 is 0. The van der Waals surface area contributed by atoms with Crippen LogP contribution in [0.5, 0.6) is 0 Å². The van der Waals surface area contributed by atoms with Crippen molar-refractivity contribution in [2.75, 3.05) is 6.54 Å². The van der Waals surface area contributed by atoms with Gasteiger partial charge in [0, 0.05) is 6.04 Å². The Kier molecular flexibility index (Phi) is 3.37. The third-order valence-corrected chi connectivity index (χ3v) is 3.10. The standard InChI is InChI=1S/C13H18FN/c1-2-3-8-15-13-7-4-10-9-11(14)5-6-12(10)13/h5-6,9,13,15H,2-4,7-8H2,1H3. The van der Waals surface area contributed by atoms with Gasteiger partial charge in [0.2, 0.25) is 0 Å². The van der Waals surface area contributed by atoms with Gasteiger partial charge in [-0.25, -0.2) is 4.39 Å². The molecule has 1 aromatic carbocycles. The van der Waals surface area contributed by atoms with Crippen molar-refractivity contribution in [1.29, 1.82) is 0 Å². The summed E-state index contributed by atoms with van der Waals surface area (Å²) in [4.78, 5) is 0. The number of nitrogens with one attached hydrogen (secondary N) is 1. The van der Waals surface area contributed by atoms with Crippen molar-refractivity contribution in [2.45, 2.75) is 38.6 Å². The first-order chi connectivity index (χ1) is 7.31. The Bertz CT molecular complexity index is 335. The van der Waals surface area contributed by atoms with Crippen LogP contribution in [0.1, 0.15) is 43.4 Å². The fourth-order valence-electron chi connectivity index (χ4n) is 2.25. The van der Waals surface area contributed by atoms with E-state index in [9.17, 15) is 4.39 Å². The molecule has 0 amide bonds. The van der Waals surface area contributed by atoms with Crippen molar-refractivity contribution in [3.63, 3.8) is 0 Å². The lowest BCUT2D eigenvalue weighted by atomic mass is 10.1. The molecule has 2 rings (SSSR count). The van der Waals surface area contributed by atoms with Gasteiger partial charge in [-0.2, -0.15) is 0 Å². The molecule has 82 valence electrons. The molecule has 0 aromatic heterocycles. The lowest BCUT2D eigenvalue weighted by Crippen LogP contribution is -2.20. The molecule has 0 saturated carbocycles. The molecule has 0 radical (unpaired) electrons. The quantitative estimate of drug-likeness (QED) is 0.748. The molecular formula is C13H18FN. The van der Waals surface area contributed by atoms with Crippen molar-refractivity contribution in [2.24, 2.45) is 0 Å². The molecule has 2 heteroatoms. The van der Waals surface area contributed by atoms with Gasteiger partial charge < -0.3 is 5.32 Å². The number of halogens is 1. The highest BCUT2D eigenvalue weighted by molar-refractivity contribution is 5.34. The Labute approximate surface area is 90.7 Å². The third-order valence-electron chi connectivity index (χ3n) is 3.10. The first kappa shape index (κ1) is 10.6. The molecular weight excluding hydrogens is 189 g/mol. The topological polar surface area (TPSA) is 12.0 Å². The number of benzene rings is 1. The van der Waals surface area contributed by atoms with Crippen molar-refractivity contribution in [3.05, 3.63) is 35.1 Å². The zero-order valence-corrected chi connectivity index (χ0v) is 9.22. The minimum atomic E-state index is -0.108. The Balaban J connectivity index is 2.02. The van der Waals surface area contributed by atoms with Crippen LogP contribution in [0.3, 0.4) is 0 Å². The van der Waals surface area contributed by atoms with Gasteiger partial charge in [0.1, 0.15) is 5.82 Å². The molecule has 0 fully saturated rings. The number of hydrogen-bond donors (Lipinski definition) is 1. The van der Waals surface area contributed by atoms with Crippen LogP contribution in [0.4, 0.5) is 4.39 Å². The monoisotopic (exact) mass is 207 g/mol. The summed E-state index contributed by atoms with van der Waals surface area (Å²) in [5.41, 5.74) is 2.48. The minimum Gasteiger partial charge on any atom is -0.310 e. The molecule has 1 aliphatic carbocycles. The Morgan fingerprint density at radius 1 is 1.47 bits per heavy atom. The van der Waals surface area contributed by atoms with Crippen molar-refractivity contribution in [3.8, 4) is 0 Å². The van der Waals surface area contributed by atoms with E-state index in [1.165, 1.54) is 24.0 Å². The summed E-state index contributed by atoms with van der Waals surface area (Å²) in [6.45, 7) is 3.26. The molecule has 1 aromatic rings. The van der Waals surface area contributed by atoms with E-state index in [-0.39, 0.29) is 5.82 Å². The molecule has 1 unspecified atom stereocenters. The average molecular weight is 207 g/mol. The van der Waals surface area contributed by atoms with Crippen LogP contribution in [0.15, 0.2) is 18.2 Å². The second kappa shape index (κ2) is 4.75. The highest BCUT2D eigenvalue weighted by Gasteiger charge is 2.21. The zero-order chi connectivity index (χ0) is 10.7. The average Bonchev–Trinajstić information content (AvgIpc) is 2.61. The smallest absolute Gasteiger partial charge is 0.123 e. The highest BCUT2D eigenvalue weighted by Crippen LogP contribution is 2.31. The van der Waals surface area contributed by atoms with E-state index in [0.717, 1.165) is 19.4 Å². The Hall–Kier alpha value is -0.890. The Morgan fingerprint density at radius 2 is 2.33 bits per heavy atom. The van der Waals surface area contributed by atoms with Gasteiger partial charge in [-0.1, -0.05) is 19.4 Å².